The summed E-state index contributed by atoms with van der Waals surface area (Å²) in [4.78, 5) is 11.5. The topological polar surface area (TPSA) is 64.4 Å². The number of halogens is 1. The minimum absolute atomic E-state index is 0.148. The van der Waals surface area contributed by atoms with Crippen LogP contribution < -0.4 is 10.1 Å². The van der Waals surface area contributed by atoms with Crippen molar-refractivity contribution in [1.29, 1.82) is 0 Å². The van der Waals surface area contributed by atoms with E-state index in [4.69, 9.17) is 9.26 Å². The molecule has 0 aliphatic carbocycles. The largest absolute Gasteiger partial charge is 0.497 e. The Labute approximate surface area is 125 Å². The number of benzene rings is 1. The molecule has 0 aliphatic rings. The van der Waals surface area contributed by atoms with E-state index >= 15 is 0 Å². The van der Waals surface area contributed by atoms with Crippen LogP contribution in [-0.2, 0) is 4.79 Å². The third-order valence-corrected chi connectivity index (χ3v) is 3.85. The molecule has 106 valence electrons. The van der Waals surface area contributed by atoms with Gasteiger partial charge in [-0.25, -0.2) is 0 Å². The molecule has 0 saturated heterocycles. The lowest BCUT2D eigenvalue weighted by atomic mass is 10.1. The van der Waals surface area contributed by atoms with Crippen LogP contribution in [-0.4, -0.2) is 23.0 Å². The van der Waals surface area contributed by atoms with Crippen molar-refractivity contribution in [3.8, 4) is 17.0 Å². The Morgan fingerprint density at radius 3 is 2.75 bits per heavy atom. The van der Waals surface area contributed by atoms with Gasteiger partial charge in [0.15, 0.2) is 0 Å². The Balaban J connectivity index is 2.10. The molecular formula is C14H15BrN2O3. The summed E-state index contributed by atoms with van der Waals surface area (Å²) in [5.74, 6) is 0.958. The van der Waals surface area contributed by atoms with E-state index in [-0.39, 0.29) is 10.7 Å². The highest BCUT2D eigenvalue weighted by atomic mass is 79.9. The van der Waals surface area contributed by atoms with Crippen LogP contribution in [0.3, 0.4) is 0 Å². The van der Waals surface area contributed by atoms with Gasteiger partial charge in [0.05, 0.1) is 11.9 Å². The Kier molecular flexibility index (Phi) is 4.79. The van der Waals surface area contributed by atoms with E-state index in [1.165, 1.54) is 0 Å². The van der Waals surface area contributed by atoms with Crippen LogP contribution >= 0.6 is 15.9 Å². The van der Waals surface area contributed by atoms with Crippen molar-refractivity contribution < 1.29 is 14.1 Å². The average Bonchev–Trinajstić information content (AvgIpc) is 2.94. The number of aromatic nitrogens is 1. The van der Waals surface area contributed by atoms with Gasteiger partial charge in [-0.05, 0) is 30.7 Å². The SMILES string of the molecule is CCC(Br)C(=O)Nc1cc(-c2ccc(OC)cc2)no1. The zero-order chi connectivity index (χ0) is 14.5. The molecule has 1 aromatic carbocycles. The number of hydrogen-bond donors (Lipinski definition) is 1. The number of nitrogens with zero attached hydrogens (tertiary/aromatic N) is 1. The normalized spacial score (nSPS) is 11.9. The number of carbonyl (C=O) groups is 1. The molecule has 1 heterocycles. The first kappa shape index (κ1) is 14.6. The molecule has 1 amide bonds. The highest BCUT2D eigenvalue weighted by Crippen LogP contribution is 2.24. The van der Waals surface area contributed by atoms with Crippen LogP contribution in [0.4, 0.5) is 5.88 Å². The predicted octanol–water partition coefficient (Wildman–Crippen LogP) is 3.46. The molecule has 0 aliphatic heterocycles. The molecule has 1 aromatic heterocycles. The van der Waals surface area contributed by atoms with E-state index in [0.29, 0.717) is 18.0 Å². The number of methoxy groups -OCH3 is 1. The first-order chi connectivity index (χ1) is 9.63. The number of nitrogens with one attached hydrogen (secondary N) is 1. The van der Waals surface area contributed by atoms with E-state index in [1.54, 1.807) is 13.2 Å². The maximum absolute atomic E-state index is 11.7. The van der Waals surface area contributed by atoms with Crippen LogP contribution in [0.2, 0.25) is 0 Å². The lowest BCUT2D eigenvalue weighted by Crippen LogP contribution is -2.21. The fourth-order valence-electron chi connectivity index (χ4n) is 1.62. The van der Waals surface area contributed by atoms with Crippen LogP contribution in [0, 0.1) is 0 Å². The van der Waals surface area contributed by atoms with Gasteiger partial charge in [-0.15, -0.1) is 0 Å². The first-order valence-corrected chi connectivity index (χ1v) is 7.11. The minimum atomic E-state index is -0.239. The lowest BCUT2D eigenvalue weighted by Gasteiger charge is -2.04. The van der Waals surface area contributed by atoms with Crippen molar-refractivity contribution in [1.82, 2.24) is 5.16 Å². The molecule has 2 aromatic rings. The number of anilines is 1. The van der Waals surface area contributed by atoms with Crippen molar-refractivity contribution in [2.75, 3.05) is 12.4 Å². The van der Waals surface area contributed by atoms with Crippen LogP contribution in [0.25, 0.3) is 11.3 Å². The van der Waals surface area contributed by atoms with Crippen molar-refractivity contribution in [2.24, 2.45) is 0 Å². The highest BCUT2D eigenvalue weighted by molar-refractivity contribution is 9.10. The maximum Gasteiger partial charge on any atom is 0.240 e. The van der Waals surface area contributed by atoms with Gasteiger partial charge < -0.3 is 9.26 Å². The molecule has 2 rings (SSSR count). The number of ether oxygens (including phenoxy) is 1. The van der Waals surface area contributed by atoms with Crippen LogP contribution in [0.15, 0.2) is 34.9 Å². The molecule has 5 nitrogen and oxygen atoms in total. The van der Waals surface area contributed by atoms with Crippen molar-refractivity contribution in [3.05, 3.63) is 30.3 Å². The van der Waals surface area contributed by atoms with Gasteiger partial charge in [0.1, 0.15) is 11.4 Å². The summed E-state index contributed by atoms with van der Waals surface area (Å²) in [5, 5.41) is 6.60. The molecule has 1 unspecified atom stereocenters. The van der Waals surface area contributed by atoms with Crippen LogP contribution in [0.5, 0.6) is 5.75 Å². The second kappa shape index (κ2) is 6.56. The minimum Gasteiger partial charge on any atom is -0.497 e. The summed E-state index contributed by atoms with van der Waals surface area (Å²) >= 11 is 3.28. The van der Waals surface area contributed by atoms with Crippen LogP contribution in [0.1, 0.15) is 13.3 Å². The molecule has 0 fully saturated rings. The average molecular weight is 339 g/mol. The highest BCUT2D eigenvalue weighted by Gasteiger charge is 2.15. The van der Waals surface area contributed by atoms with E-state index in [1.807, 2.05) is 31.2 Å². The Morgan fingerprint density at radius 1 is 1.45 bits per heavy atom. The molecule has 0 radical (unpaired) electrons. The molecule has 1 N–H and O–H groups in total. The molecule has 0 bridgehead atoms. The van der Waals surface area contributed by atoms with Gasteiger partial charge in [0.2, 0.25) is 11.8 Å². The van der Waals surface area contributed by atoms with Gasteiger partial charge in [-0.2, -0.15) is 0 Å². The van der Waals surface area contributed by atoms with Gasteiger partial charge in [0.25, 0.3) is 0 Å². The number of alkyl halides is 1. The second-order valence-corrected chi connectivity index (χ2v) is 5.28. The molecule has 1 atom stereocenters. The van der Waals surface area contributed by atoms with Gasteiger partial charge >= 0.3 is 0 Å². The summed E-state index contributed by atoms with van der Waals surface area (Å²) in [6.07, 6.45) is 0.700. The zero-order valence-electron chi connectivity index (χ0n) is 11.2. The fraction of sp³-hybridized carbons (Fsp3) is 0.286. The second-order valence-electron chi connectivity index (χ2n) is 4.17. The zero-order valence-corrected chi connectivity index (χ0v) is 12.8. The standard InChI is InChI=1S/C14H15BrN2O3/c1-3-11(15)14(18)16-13-8-12(17-20-13)9-4-6-10(19-2)7-5-9/h4-8,11H,3H2,1-2H3,(H,16,18). The third-order valence-electron chi connectivity index (χ3n) is 2.79. The van der Waals surface area contributed by atoms with Gasteiger partial charge in [0, 0.05) is 11.6 Å². The van der Waals surface area contributed by atoms with E-state index in [9.17, 15) is 4.79 Å². The first-order valence-electron chi connectivity index (χ1n) is 6.20. The predicted molar refractivity (Wildman–Crippen MR) is 80.1 cm³/mol. The Bertz CT molecular complexity index is 580. The van der Waals surface area contributed by atoms with Gasteiger partial charge in [-0.3, -0.25) is 10.1 Å². The molecule has 0 spiro atoms. The summed E-state index contributed by atoms with van der Waals surface area (Å²) in [5.41, 5.74) is 1.55. The molecule has 6 heteroatoms. The molecular weight excluding hydrogens is 324 g/mol. The summed E-state index contributed by atoms with van der Waals surface area (Å²) in [7, 11) is 1.61. The van der Waals surface area contributed by atoms with E-state index in [2.05, 4.69) is 26.4 Å². The van der Waals surface area contributed by atoms with E-state index < -0.39 is 0 Å². The number of hydrogen-bond acceptors (Lipinski definition) is 4. The number of amides is 1. The monoisotopic (exact) mass is 338 g/mol. The summed E-state index contributed by atoms with van der Waals surface area (Å²) in [6, 6.07) is 9.13. The summed E-state index contributed by atoms with van der Waals surface area (Å²) in [6.45, 7) is 1.92. The number of rotatable bonds is 5. The van der Waals surface area contributed by atoms with Gasteiger partial charge in [-0.1, -0.05) is 28.0 Å². The summed E-state index contributed by atoms with van der Waals surface area (Å²) < 4.78 is 10.2. The third kappa shape index (κ3) is 3.39. The number of carbonyl (C=O) groups excluding carboxylic acids is 1. The van der Waals surface area contributed by atoms with E-state index in [0.717, 1.165) is 11.3 Å². The van der Waals surface area contributed by atoms with Crippen molar-refractivity contribution >= 4 is 27.7 Å². The molecule has 0 saturated carbocycles. The Morgan fingerprint density at radius 2 is 2.15 bits per heavy atom. The maximum atomic E-state index is 11.7. The van der Waals surface area contributed by atoms with Crippen molar-refractivity contribution in [3.63, 3.8) is 0 Å². The van der Waals surface area contributed by atoms with Crippen molar-refractivity contribution in [2.45, 2.75) is 18.2 Å². The molecule has 20 heavy (non-hydrogen) atoms. The Hall–Kier alpha value is -1.82. The quantitative estimate of drug-likeness (QED) is 0.848. The smallest absolute Gasteiger partial charge is 0.240 e. The fourth-order valence-corrected chi connectivity index (χ4v) is 1.73. The lowest BCUT2D eigenvalue weighted by molar-refractivity contribution is -0.115.